The van der Waals surface area contributed by atoms with Gasteiger partial charge < -0.3 is 19.7 Å². The lowest BCUT2D eigenvalue weighted by Crippen LogP contribution is -2.37. The Hall–Kier alpha value is -2.67. The number of aryl methyl sites for hydroxylation is 1. The Morgan fingerprint density at radius 2 is 1.96 bits per heavy atom. The number of carbonyl (C=O) groups is 1. The summed E-state index contributed by atoms with van der Waals surface area (Å²) in [5.74, 6) is 1.44. The maximum atomic E-state index is 12.2. The van der Waals surface area contributed by atoms with Crippen molar-refractivity contribution in [2.75, 3.05) is 38.3 Å². The van der Waals surface area contributed by atoms with Gasteiger partial charge >= 0.3 is 0 Å². The number of amides is 1. The van der Waals surface area contributed by atoms with Crippen LogP contribution in [0, 0.1) is 6.92 Å². The first-order valence-corrected chi connectivity index (χ1v) is 8.71. The zero-order valence-electron chi connectivity index (χ0n) is 15.2. The topological polar surface area (TPSA) is 76.6 Å². The second kappa shape index (κ2) is 8.62. The predicted octanol–water partition coefficient (Wildman–Crippen LogP) is 1.49. The number of carbonyl (C=O) groups excluding carboxylic acids is 1. The molecule has 1 amide bonds. The van der Waals surface area contributed by atoms with Gasteiger partial charge in [0.2, 0.25) is 11.9 Å². The van der Waals surface area contributed by atoms with Crippen LogP contribution >= 0.6 is 0 Å². The SMILES string of the molecule is COc1ccc(CC(=O)NCc2cc(C)nc(N3CCOCC3)n2)cc1. The molecule has 2 heterocycles. The fourth-order valence-electron chi connectivity index (χ4n) is 2.79. The third-order valence-electron chi connectivity index (χ3n) is 4.18. The molecule has 1 aliphatic heterocycles. The predicted molar refractivity (Wildman–Crippen MR) is 98.3 cm³/mol. The van der Waals surface area contributed by atoms with Crippen LogP contribution in [0.4, 0.5) is 5.95 Å². The lowest BCUT2D eigenvalue weighted by molar-refractivity contribution is -0.120. The van der Waals surface area contributed by atoms with Gasteiger partial charge in [0.05, 0.1) is 39.0 Å². The largest absolute Gasteiger partial charge is 0.497 e. The van der Waals surface area contributed by atoms with Gasteiger partial charge in [-0.05, 0) is 30.7 Å². The summed E-state index contributed by atoms with van der Waals surface area (Å²) < 4.78 is 10.5. The van der Waals surface area contributed by atoms with Crippen molar-refractivity contribution in [1.29, 1.82) is 0 Å². The molecule has 7 heteroatoms. The molecule has 0 atom stereocenters. The summed E-state index contributed by atoms with van der Waals surface area (Å²) in [7, 11) is 1.62. The average Bonchev–Trinajstić information content (AvgIpc) is 2.67. The number of benzene rings is 1. The number of rotatable bonds is 6. The molecule has 1 aromatic carbocycles. The summed E-state index contributed by atoms with van der Waals surface area (Å²) in [5.41, 5.74) is 2.64. The first-order valence-electron chi connectivity index (χ1n) is 8.71. The standard InChI is InChI=1S/C19H24N4O3/c1-14-11-16(22-19(21-14)23-7-9-26-10-8-23)13-20-18(24)12-15-3-5-17(25-2)6-4-15/h3-6,11H,7-10,12-13H2,1-2H3,(H,20,24). The molecule has 7 nitrogen and oxygen atoms in total. The average molecular weight is 356 g/mol. The summed E-state index contributed by atoms with van der Waals surface area (Å²) in [6.07, 6.45) is 0.324. The van der Waals surface area contributed by atoms with Gasteiger partial charge in [-0.2, -0.15) is 0 Å². The van der Waals surface area contributed by atoms with Crippen molar-refractivity contribution in [3.8, 4) is 5.75 Å². The Morgan fingerprint density at radius 1 is 1.23 bits per heavy atom. The van der Waals surface area contributed by atoms with Crippen LogP contribution in [-0.4, -0.2) is 49.3 Å². The van der Waals surface area contributed by atoms with Gasteiger partial charge in [-0.25, -0.2) is 9.97 Å². The van der Waals surface area contributed by atoms with Crippen LogP contribution < -0.4 is 15.0 Å². The lowest BCUT2D eigenvalue weighted by Gasteiger charge is -2.27. The second-order valence-electron chi connectivity index (χ2n) is 6.20. The highest BCUT2D eigenvalue weighted by molar-refractivity contribution is 5.78. The van der Waals surface area contributed by atoms with Crippen LogP contribution in [0.1, 0.15) is 17.0 Å². The van der Waals surface area contributed by atoms with Gasteiger partial charge in [0.1, 0.15) is 5.75 Å². The fourth-order valence-corrected chi connectivity index (χ4v) is 2.79. The number of methoxy groups -OCH3 is 1. The molecule has 0 bridgehead atoms. The van der Waals surface area contributed by atoms with Gasteiger partial charge in [-0.15, -0.1) is 0 Å². The number of nitrogens with one attached hydrogen (secondary N) is 1. The van der Waals surface area contributed by atoms with Crippen LogP contribution in [0.3, 0.4) is 0 Å². The maximum Gasteiger partial charge on any atom is 0.225 e. The molecule has 3 rings (SSSR count). The Morgan fingerprint density at radius 3 is 2.65 bits per heavy atom. The van der Waals surface area contributed by atoms with Crippen molar-refractivity contribution in [2.24, 2.45) is 0 Å². The number of nitrogens with zero attached hydrogens (tertiary/aromatic N) is 3. The van der Waals surface area contributed by atoms with Gasteiger partial charge in [0.25, 0.3) is 0 Å². The molecule has 1 aliphatic rings. The smallest absolute Gasteiger partial charge is 0.225 e. The second-order valence-corrected chi connectivity index (χ2v) is 6.20. The Labute approximate surface area is 153 Å². The highest BCUT2D eigenvalue weighted by atomic mass is 16.5. The summed E-state index contributed by atoms with van der Waals surface area (Å²) >= 11 is 0. The van der Waals surface area contributed by atoms with Crippen molar-refractivity contribution in [2.45, 2.75) is 19.9 Å². The van der Waals surface area contributed by atoms with E-state index in [2.05, 4.69) is 20.2 Å². The van der Waals surface area contributed by atoms with Crippen LogP contribution in [0.5, 0.6) is 5.75 Å². The van der Waals surface area contributed by atoms with E-state index in [1.165, 1.54) is 0 Å². The summed E-state index contributed by atoms with van der Waals surface area (Å²) in [6.45, 7) is 5.26. The van der Waals surface area contributed by atoms with E-state index in [1.807, 2.05) is 37.3 Å². The van der Waals surface area contributed by atoms with Crippen LogP contribution in [0.25, 0.3) is 0 Å². The van der Waals surface area contributed by atoms with E-state index in [0.717, 1.165) is 35.8 Å². The Bertz CT molecular complexity index is 743. The number of hydrogen-bond donors (Lipinski definition) is 1. The molecule has 0 radical (unpaired) electrons. The molecule has 1 fully saturated rings. The minimum Gasteiger partial charge on any atom is -0.497 e. The van der Waals surface area contributed by atoms with Crippen molar-refractivity contribution in [1.82, 2.24) is 15.3 Å². The molecule has 1 saturated heterocycles. The van der Waals surface area contributed by atoms with Crippen molar-refractivity contribution >= 4 is 11.9 Å². The van der Waals surface area contributed by atoms with Crippen LogP contribution in [-0.2, 0) is 22.5 Å². The molecular formula is C19H24N4O3. The normalized spacial score (nSPS) is 14.2. The number of aromatic nitrogens is 2. The zero-order chi connectivity index (χ0) is 18.4. The molecule has 0 spiro atoms. The minimum atomic E-state index is -0.0423. The minimum absolute atomic E-state index is 0.0423. The van der Waals surface area contributed by atoms with Crippen molar-refractivity contribution in [3.63, 3.8) is 0 Å². The first-order chi connectivity index (χ1) is 12.6. The Kier molecular flexibility index (Phi) is 6.01. The van der Waals surface area contributed by atoms with E-state index < -0.39 is 0 Å². The van der Waals surface area contributed by atoms with E-state index in [4.69, 9.17) is 9.47 Å². The third-order valence-corrected chi connectivity index (χ3v) is 4.18. The molecule has 0 saturated carbocycles. The van der Waals surface area contributed by atoms with E-state index in [0.29, 0.717) is 32.1 Å². The zero-order valence-corrected chi connectivity index (χ0v) is 15.2. The highest BCUT2D eigenvalue weighted by Crippen LogP contribution is 2.13. The molecule has 1 aromatic heterocycles. The monoisotopic (exact) mass is 356 g/mol. The molecule has 0 unspecified atom stereocenters. The van der Waals surface area contributed by atoms with Gasteiger partial charge in [0, 0.05) is 18.8 Å². The van der Waals surface area contributed by atoms with Crippen molar-refractivity contribution in [3.05, 3.63) is 47.3 Å². The summed E-state index contributed by atoms with van der Waals surface area (Å²) in [6, 6.07) is 9.39. The highest BCUT2D eigenvalue weighted by Gasteiger charge is 2.15. The lowest BCUT2D eigenvalue weighted by atomic mass is 10.1. The van der Waals surface area contributed by atoms with Crippen LogP contribution in [0.2, 0.25) is 0 Å². The van der Waals surface area contributed by atoms with E-state index in [9.17, 15) is 4.79 Å². The molecule has 1 N–H and O–H groups in total. The van der Waals surface area contributed by atoms with E-state index >= 15 is 0 Å². The Balaban J connectivity index is 1.57. The van der Waals surface area contributed by atoms with E-state index in [1.54, 1.807) is 7.11 Å². The fraction of sp³-hybridized carbons (Fsp3) is 0.421. The molecule has 138 valence electrons. The molecular weight excluding hydrogens is 332 g/mol. The first kappa shape index (κ1) is 18.1. The molecule has 26 heavy (non-hydrogen) atoms. The van der Waals surface area contributed by atoms with E-state index in [-0.39, 0.29) is 5.91 Å². The number of morpholine rings is 1. The quantitative estimate of drug-likeness (QED) is 0.845. The third kappa shape index (κ3) is 4.92. The van der Waals surface area contributed by atoms with Gasteiger partial charge in [-0.3, -0.25) is 4.79 Å². The summed E-state index contributed by atoms with van der Waals surface area (Å²) in [4.78, 5) is 23.4. The van der Waals surface area contributed by atoms with Gasteiger partial charge in [0.15, 0.2) is 0 Å². The molecule has 0 aliphatic carbocycles. The number of anilines is 1. The summed E-state index contributed by atoms with van der Waals surface area (Å²) in [5, 5.41) is 2.93. The van der Waals surface area contributed by atoms with Gasteiger partial charge in [-0.1, -0.05) is 12.1 Å². The van der Waals surface area contributed by atoms with Crippen molar-refractivity contribution < 1.29 is 14.3 Å². The number of hydrogen-bond acceptors (Lipinski definition) is 6. The van der Waals surface area contributed by atoms with Crippen LogP contribution in [0.15, 0.2) is 30.3 Å². The maximum absolute atomic E-state index is 12.2. The molecule has 2 aromatic rings. The number of ether oxygens (including phenoxy) is 2.